The summed E-state index contributed by atoms with van der Waals surface area (Å²) in [5.74, 6) is -0.709. The van der Waals surface area contributed by atoms with Crippen LogP contribution in [0, 0.1) is 0 Å². The van der Waals surface area contributed by atoms with Gasteiger partial charge in [-0.2, -0.15) is 4.80 Å². The van der Waals surface area contributed by atoms with Crippen LogP contribution in [0.2, 0.25) is 0 Å². The first kappa shape index (κ1) is 10.6. The van der Waals surface area contributed by atoms with Crippen LogP contribution in [0.4, 0.5) is 0 Å². The highest BCUT2D eigenvalue weighted by Crippen LogP contribution is 1.99. The van der Waals surface area contributed by atoms with E-state index in [0.717, 1.165) is 0 Å². The fourth-order valence-electron chi connectivity index (χ4n) is 0.840. The lowest BCUT2D eigenvalue weighted by Crippen LogP contribution is -2.32. The summed E-state index contributed by atoms with van der Waals surface area (Å²) < 4.78 is 0. The van der Waals surface area contributed by atoms with E-state index in [9.17, 15) is 4.79 Å². The zero-order valence-corrected chi connectivity index (χ0v) is 8.08. The van der Waals surface area contributed by atoms with Gasteiger partial charge < -0.3 is 10.8 Å². The molecule has 0 amide bonds. The average Bonchev–Trinajstić information content (AvgIpc) is 2.52. The number of aromatic nitrogens is 4. The number of nitrogens with zero attached hydrogens (tertiary/aromatic N) is 4. The molecule has 7 nitrogen and oxygen atoms in total. The van der Waals surface area contributed by atoms with Gasteiger partial charge in [0.15, 0.2) is 5.82 Å². The Bertz CT molecular complexity index is 322. The van der Waals surface area contributed by atoms with Crippen LogP contribution >= 0.6 is 0 Å². The predicted molar refractivity (Wildman–Crippen MR) is 47.5 cm³/mol. The first-order valence-corrected chi connectivity index (χ1v) is 4.27. The van der Waals surface area contributed by atoms with Gasteiger partial charge in [-0.25, -0.2) is 0 Å². The monoisotopic (exact) mass is 199 g/mol. The third-order valence-electron chi connectivity index (χ3n) is 1.65. The summed E-state index contributed by atoms with van der Waals surface area (Å²) in [7, 11) is 0. The molecule has 7 heteroatoms. The van der Waals surface area contributed by atoms with E-state index in [2.05, 4.69) is 15.4 Å². The van der Waals surface area contributed by atoms with Gasteiger partial charge in [-0.15, -0.1) is 10.2 Å². The molecule has 78 valence electrons. The summed E-state index contributed by atoms with van der Waals surface area (Å²) in [6.45, 7) is 3.81. The summed E-state index contributed by atoms with van der Waals surface area (Å²) in [6, 6.07) is -0.864. The molecule has 1 atom stereocenters. The van der Waals surface area contributed by atoms with Gasteiger partial charge in [0.1, 0.15) is 6.04 Å². The zero-order valence-electron chi connectivity index (χ0n) is 8.08. The molecule has 0 aromatic carbocycles. The van der Waals surface area contributed by atoms with E-state index in [4.69, 9.17) is 10.8 Å². The molecule has 0 bridgehead atoms. The number of carboxylic acids is 1. The fourth-order valence-corrected chi connectivity index (χ4v) is 0.840. The minimum Gasteiger partial charge on any atom is -0.480 e. The number of nitrogens with two attached hydrogens (primary N) is 1. The van der Waals surface area contributed by atoms with Crippen molar-refractivity contribution in [1.82, 2.24) is 20.2 Å². The number of carbonyl (C=O) groups is 1. The summed E-state index contributed by atoms with van der Waals surface area (Å²) in [5, 5.41) is 20.0. The first-order chi connectivity index (χ1) is 6.50. The largest absolute Gasteiger partial charge is 0.480 e. The Morgan fingerprint density at radius 2 is 2.29 bits per heavy atom. The van der Waals surface area contributed by atoms with Crippen LogP contribution in [0.1, 0.15) is 25.7 Å². The molecule has 0 saturated carbocycles. The molecule has 0 fully saturated rings. The summed E-state index contributed by atoms with van der Waals surface area (Å²) in [5.41, 5.74) is 5.32. The second-order valence-electron chi connectivity index (χ2n) is 3.27. The molecule has 0 aliphatic rings. The molecule has 1 unspecified atom stereocenters. The Balaban J connectivity index is 2.64. The minimum atomic E-state index is -1.06. The van der Waals surface area contributed by atoms with Crippen LogP contribution in [0.5, 0.6) is 0 Å². The SMILES string of the molecule is CC(C)n1nnc(CC(N)C(=O)O)n1. The first-order valence-electron chi connectivity index (χ1n) is 4.27. The third kappa shape index (κ3) is 2.49. The Hall–Kier alpha value is -1.50. The van der Waals surface area contributed by atoms with E-state index in [1.165, 1.54) is 4.80 Å². The van der Waals surface area contributed by atoms with Crippen molar-refractivity contribution in [3.05, 3.63) is 5.82 Å². The average molecular weight is 199 g/mol. The molecule has 0 aliphatic heterocycles. The highest BCUT2D eigenvalue weighted by Gasteiger charge is 2.15. The normalized spacial score (nSPS) is 13.1. The molecule has 0 spiro atoms. The van der Waals surface area contributed by atoms with Crippen molar-refractivity contribution in [2.75, 3.05) is 0 Å². The standard InChI is InChI=1S/C7H13N5O2/c1-4(2)12-10-6(9-11-12)3-5(8)7(13)14/h4-5H,3,8H2,1-2H3,(H,13,14). The van der Waals surface area contributed by atoms with Gasteiger partial charge in [-0.1, -0.05) is 0 Å². The lowest BCUT2D eigenvalue weighted by molar-refractivity contribution is -0.138. The highest BCUT2D eigenvalue weighted by molar-refractivity contribution is 5.73. The van der Waals surface area contributed by atoms with Gasteiger partial charge in [-0.3, -0.25) is 4.79 Å². The van der Waals surface area contributed by atoms with Crippen LogP contribution in [0.15, 0.2) is 0 Å². The van der Waals surface area contributed by atoms with E-state index in [0.29, 0.717) is 5.82 Å². The second kappa shape index (κ2) is 4.14. The molecule has 1 heterocycles. The maximum atomic E-state index is 10.4. The zero-order chi connectivity index (χ0) is 10.7. The van der Waals surface area contributed by atoms with Gasteiger partial charge in [0, 0.05) is 6.42 Å². The van der Waals surface area contributed by atoms with E-state index >= 15 is 0 Å². The van der Waals surface area contributed by atoms with Crippen molar-refractivity contribution in [1.29, 1.82) is 0 Å². The molecular weight excluding hydrogens is 186 g/mol. The highest BCUT2D eigenvalue weighted by atomic mass is 16.4. The lowest BCUT2D eigenvalue weighted by Gasteiger charge is -2.01. The van der Waals surface area contributed by atoms with Gasteiger partial charge >= 0.3 is 5.97 Å². The molecule has 0 radical (unpaired) electrons. The molecule has 1 aromatic heterocycles. The van der Waals surface area contributed by atoms with Crippen LogP contribution in [0.25, 0.3) is 0 Å². The van der Waals surface area contributed by atoms with E-state index < -0.39 is 12.0 Å². The van der Waals surface area contributed by atoms with Crippen LogP contribution in [-0.2, 0) is 11.2 Å². The topological polar surface area (TPSA) is 107 Å². The van der Waals surface area contributed by atoms with Crippen LogP contribution in [0.3, 0.4) is 0 Å². The Morgan fingerprint density at radius 1 is 1.64 bits per heavy atom. The molecule has 14 heavy (non-hydrogen) atoms. The smallest absolute Gasteiger partial charge is 0.320 e. The van der Waals surface area contributed by atoms with Crippen molar-refractivity contribution in [2.24, 2.45) is 5.73 Å². The Labute approximate surface area is 80.9 Å². The fraction of sp³-hybridized carbons (Fsp3) is 0.714. The second-order valence-corrected chi connectivity index (χ2v) is 3.27. The molecule has 0 aliphatic carbocycles. The summed E-state index contributed by atoms with van der Waals surface area (Å²) in [4.78, 5) is 11.9. The van der Waals surface area contributed by atoms with Crippen molar-refractivity contribution >= 4 is 5.97 Å². The maximum absolute atomic E-state index is 10.4. The van der Waals surface area contributed by atoms with Gasteiger partial charge in [0.2, 0.25) is 0 Å². The van der Waals surface area contributed by atoms with E-state index in [1.54, 1.807) is 0 Å². The molecule has 1 rings (SSSR count). The third-order valence-corrected chi connectivity index (χ3v) is 1.65. The molecule has 0 saturated heterocycles. The van der Waals surface area contributed by atoms with E-state index in [-0.39, 0.29) is 12.5 Å². The number of carboxylic acid groups (broad SMARTS) is 1. The van der Waals surface area contributed by atoms with E-state index in [1.807, 2.05) is 13.8 Å². The molecular formula is C7H13N5O2. The Kier molecular flexibility index (Phi) is 3.13. The van der Waals surface area contributed by atoms with Gasteiger partial charge in [0.25, 0.3) is 0 Å². The number of tetrazole rings is 1. The quantitative estimate of drug-likeness (QED) is 0.658. The summed E-state index contributed by atoms with van der Waals surface area (Å²) >= 11 is 0. The number of rotatable bonds is 4. The lowest BCUT2D eigenvalue weighted by atomic mass is 10.2. The van der Waals surface area contributed by atoms with Gasteiger partial charge in [-0.05, 0) is 19.1 Å². The summed E-state index contributed by atoms with van der Waals surface area (Å²) in [6.07, 6.45) is 0.0993. The Morgan fingerprint density at radius 3 is 2.71 bits per heavy atom. The maximum Gasteiger partial charge on any atom is 0.320 e. The van der Waals surface area contributed by atoms with Crippen LogP contribution < -0.4 is 5.73 Å². The van der Waals surface area contributed by atoms with Crippen molar-refractivity contribution in [3.63, 3.8) is 0 Å². The van der Waals surface area contributed by atoms with Crippen molar-refractivity contribution in [2.45, 2.75) is 32.4 Å². The predicted octanol–water partition coefficient (Wildman–Crippen LogP) is -0.792. The van der Waals surface area contributed by atoms with Gasteiger partial charge in [0.05, 0.1) is 6.04 Å². The minimum absolute atomic E-state index is 0.0993. The molecule has 3 N–H and O–H groups in total. The number of hydrogen-bond donors (Lipinski definition) is 2. The van der Waals surface area contributed by atoms with Crippen molar-refractivity contribution in [3.8, 4) is 0 Å². The molecule has 1 aromatic rings. The number of hydrogen-bond acceptors (Lipinski definition) is 5. The number of aliphatic carboxylic acids is 1. The van der Waals surface area contributed by atoms with Crippen LogP contribution in [-0.4, -0.2) is 37.3 Å². The van der Waals surface area contributed by atoms with Crippen molar-refractivity contribution < 1.29 is 9.90 Å².